The molecule has 21 heavy (non-hydrogen) atoms. The summed E-state index contributed by atoms with van der Waals surface area (Å²) >= 11 is 0. The van der Waals surface area contributed by atoms with Crippen LogP contribution in [-0.4, -0.2) is 26.0 Å². The van der Waals surface area contributed by atoms with Crippen LogP contribution in [0.1, 0.15) is 24.8 Å². The first kappa shape index (κ1) is 14.5. The molecule has 0 aliphatic heterocycles. The number of hydrogen-bond acceptors (Lipinski definition) is 3. The average Bonchev–Trinajstić information content (AvgIpc) is 2.93. The number of benzene rings is 2. The third kappa shape index (κ3) is 3.11. The van der Waals surface area contributed by atoms with Gasteiger partial charge in [0.1, 0.15) is 0 Å². The van der Waals surface area contributed by atoms with Gasteiger partial charge in [-0.1, -0.05) is 48.9 Å². The summed E-state index contributed by atoms with van der Waals surface area (Å²) in [7, 11) is -2.96. The van der Waals surface area contributed by atoms with Gasteiger partial charge < -0.3 is 5.32 Å². The van der Waals surface area contributed by atoms with Crippen molar-refractivity contribution in [3.05, 3.63) is 48.0 Å². The van der Waals surface area contributed by atoms with Crippen LogP contribution in [0, 0.1) is 0 Å². The van der Waals surface area contributed by atoms with Gasteiger partial charge in [0.15, 0.2) is 9.84 Å². The molecule has 3 nitrogen and oxygen atoms in total. The Bertz CT molecular complexity index is 734. The molecule has 2 unspecified atom stereocenters. The first-order valence-electron chi connectivity index (χ1n) is 7.44. The van der Waals surface area contributed by atoms with Gasteiger partial charge >= 0.3 is 0 Å². The predicted molar refractivity (Wildman–Crippen MR) is 87.1 cm³/mol. The van der Waals surface area contributed by atoms with Gasteiger partial charge in [0.25, 0.3) is 0 Å². The fourth-order valence-electron chi connectivity index (χ4n) is 3.36. The molecule has 0 spiro atoms. The highest BCUT2D eigenvalue weighted by molar-refractivity contribution is 7.91. The lowest BCUT2D eigenvalue weighted by molar-refractivity contribution is 0.508. The zero-order valence-corrected chi connectivity index (χ0v) is 13.1. The third-order valence-corrected chi connectivity index (χ3v) is 6.10. The molecule has 0 aromatic heterocycles. The molecule has 0 bridgehead atoms. The second kappa shape index (κ2) is 5.78. The summed E-state index contributed by atoms with van der Waals surface area (Å²) in [5, 5.41) is 5.70. The van der Waals surface area contributed by atoms with E-state index in [2.05, 4.69) is 35.6 Å². The van der Waals surface area contributed by atoms with Gasteiger partial charge in [0, 0.05) is 18.8 Å². The zero-order valence-electron chi connectivity index (χ0n) is 12.2. The molecule has 112 valence electrons. The maximum absolute atomic E-state index is 11.8. The molecule has 1 aliphatic carbocycles. The van der Waals surface area contributed by atoms with E-state index in [1.165, 1.54) is 22.6 Å². The summed E-state index contributed by atoms with van der Waals surface area (Å²) in [6, 6.07) is 14.7. The van der Waals surface area contributed by atoms with Crippen molar-refractivity contribution < 1.29 is 8.42 Å². The molecule has 1 N–H and O–H groups in total. The highest BCUT2D eigenvalue weighted by Gasteiger charge is 2.34. The quantitative estimate of drug-likeness (QED) is 0.944. The van der Waals surface area contributed by atoms with E-state index >= 15 is 0 Å². The fourth-order valence-corrected chi connectivity index (χ4v) is 4.78. The Hall–Kier alpha value is -1.39. The molecule has 4 heteroatoms. The molecule has 3 rings (SSSR count). The number of hydrogen-bond donors (Lipinski definition) is 1. The van der Waals surface area contributed by atoms with E-state index in [9.17, 15) is 8.42 Å². The van der Waals surface area contributed by atoms with Crippen LogP contribution in [-0.2, 0) is 16.4 Å². The molecule has 2 aromatic carbocycles. The second-order valence-electron chi connectivity index (χ2n) is 5.92. The molecule has 2 atom stereocenters. The summed E-state index contributed by atoms with van der Waals surface area (Å²) in [4.78, 5) is 0. The van der Waals surface area contributed by atoms with E-state index in [1.54, 1.807) is 0 Å². The van der Waals surface area contributed by atoms with E-state index in [4.69, 9.17) is 0 Å². The Labute approximate surface area is 126 Å². The SMILES string of the molecule is CS(=O)(=O)C1CCCC1NCc1cccc2ccccc12. The maximum atomic E-state index is 11.8. The molecular formula is C17H21NO2S. The molecule has 0 heterocycles. The molecule has 0 radical (unpaired) electrons. The van der Waals surface area contributed by atoms with Crippen molar-refractivity contribution in [1.29, 1.82) is 0 Å². The fraction of sp³-hybridized carbons (Fsp3) is 0.412. The molecular weight excluding hydrogens is 282 g/mol. The summed E-state index contributed by atoms with van der Waals surface area (Å²) in [6.45, 7) is 0.720. The topological polar surface area (TPSA) is 46.2 Å². The lowest BCUT2D eigenvalue weighted by Crippen LogP contribution is -2.39. The van der Waals surface area contributed by atoms with Gasteiger partial charge in [-0.15, -0.1) is 0 Å². The molecule has 0 saturated heterocycles. The smallest absolute Gasteiger partial charge is 0.151 e. The number of rotatable bonds is 4. The highest BCUT2D eigenvalue weighted by atomic mass is 32.2. The normalized spacial score (nSPS) is 22.7. The summed E-state index contributed by atoms with van der Waals surface area (Å²) in [5.74, 6) is 0. The maximum Gasteiger partial charge on any atom is 0.151 e. The molecule has 1 aliphatic rings. The average molecular weight is 303 g/mol. The lowest BCUT2D eigenvalue weighted by Gasteiger charge is -2.20. The molecule has 2 aromatic rings. The monoisotopic (exact) mass is 303 g/mol. The number of fused-ring (bicyclic) bond motifs is 1. The zero-order chi connectivity index (χ0) is 14.9. The van der Waals surface area contributed by atoms with E-state index in [0.29, 0.717) is 0 Å². The Morgan fingerprint density at radius 2 is 1.86 bits per heavy atom. The summed E-state index contributed by atoms with van der Waals surface area (Å²) in [5.41, 5.74) is 1.23. The van der Waals surface area contributed by atoms with E-state index in [0.717, 1.165) is 25.8 Å². The first-order valence-corrected chi connectivity index (χ1v) is 9.40. The van der Waals surface area contributed by atoms with Gasteiger partial charge in [-0.25, -0.2) is 8.42 Å². The van der Waals surface area contributed by atoms with Crippen LogP contribution >= 0.6 is 0 Å². The van der Waals surface area contributed by atoms with Crippen LogP contribution in [0.2, 0.25) is 0 Å². The Balaban J connectivity index is 1.78. The summed E-state index contributed by atoms with van der Waals surface area (Å²) in [6.07, 6.45) is 4.08. The van der Waals surface area contributed by atoms with Crippen molar-refractivity contribution in [2.45, 2.75) is 37.1 Å². The Morgan fingerprint density at radius 1 is 1.10 bits per heavy atom. The van der Waals surface area contributed by atoms with Crippen molar-refractivity contribution in [2.75, 3.05) is 6.26 Å². The van der Waals surface area contributed by atoms with E-state index in [-0.39, 0.29) is 11.3 Å². The number of nitrogens with one attached hydrogen (secondary N) is 1. The summed E-state index contributed by atoms with van der Waals surface area (Å²) < 4.78 is 23.7. The van der Waals surface area contributed by atoms with Crippen LogP contribution in [0.5, 0.6) is 0 Å². The van der Waals surface area contributed by atoms with Crippen LogP contribution in [0.4, 0.5) is 0 Å². The van der Waals surface area contributed by atoms with Gasteiger partial charge in [-0.05, 0) is 29.2 Å². The number of sulfone groups is 1. The molecule has 1 saturated carbocycles. The van der Waals surface area contributed by atoms with Crippen molar-refractivity contribution in [3.63, 3.8) is 0 Å². The van der Waals surface area contributed by atoms with Crippen LogP contribution in [0.25, 0.3) is 10.8 Å². The largest absolute Gasteiger partial charge is 0.309 e. The standard InChI is InChI=1S/C17H21NO2S/c1-21(19,20)17-11-5-10-16(17)18-12-14-8-4-7-13-6-2-3-9-15(13)14/h2-4,6-9,16-18H,5,10-12H2,1H3. The first-order chi connectivity index (χ1) is 10.1. The Morgan fingerprint density at radius 3 is 2.67 bits per heavy atom. The van der Waals surface area contributed by atoms with E-state index < -0.39 is 9.84 Å². The van der Waals surface area contributed by atoms with Crippen LogP contribution < -0.4 is 5.32 Å². The third-order valence-electron chi connectivity index (χ3n) is 4.44. The van der Waals surface area contributed by atoms with Gasteiger partial charge in [-0.2, -0.15) is 0 Å². The van der Waals surface area contributed by atoms with Crippen molar-refractivity contribution in [2.24, 2.45) is 0 Å². The van der Waals surface area contributed by atoms with Crippen LogP contribution in [0.3, 0.4) is 0 Å². The van der Waals surface area contributed by atoms with E-state index in [1.807, 2.05) is 12.1 Å². The molecule has 1 fully saturated rings. The Kier molecular flexibility index (Phi) is 4.00. The minimum Gasteiger partial charge on any atom is -0.309 e. The van der Waals surface area contributed by atoms with Crippen LogP contribution in [0.15, 0.2) is 42.5 Å². The minimum atomic E-state index is -2.96. The van der Waals surface area contributed by atoms with Gasteiger partial charge in [-0.3, -0.25) is 0 Å². The van der Waals surface area contributed by atoms with Crippen molar-refractivity contribution in [1.82, 2.24) is 5.32 Å². The highest BCUT2D eigenvalue weighted by Crippen LogP contribution is 2.26. The predicted octanol–water partition coefficient (Wildman–Crippen LogP) is 2.90. The minimum absolute atomic E-state index is 0.0824. The van der Waals surface area contributed by atoms with Crippen molar-refractivity contribution >= 4 is 20.6 Å². The van der Waals surface area contributed by atoms with Gasteiger partial charge in [0.2, 0.25) is 0 Å². The van der Waals surface area contributed by atoms with Crippen molar-refractivity contribution in [3.8, 4) is 0 Å². The second-order valence-corrected chi connectivity index (χ2v) is 8.19. The molecule has 0 amide bonds. The lowest BCUT2D eigenvalue weighted by atomic mass is 10.0. The van der Waals surface area contributed by atoms with Gasteiger partial charge in [0.05, 0.1) is 5.25 Å².